The molecule has 0 aromatic heterocycles. The average molecular weight is 346 g/mol. The Kier molecular flexibility index (Phi) is 7.45. The molecule has 1 aliphatic carbocycles. The van der Waals surface area contributed by atoms with E-state index in [0.717, 1.165) is 19.4 Å². The molecule has 0 saturated heterocycles. The van der Waals surface area contributed by atoms with E-state index in [0.29, 0.717) is 25.6 Å². The quantitative estimate of drug-likeness (QED) is 0.759. The van der Waals surface area contributed by atoms with Gasteiger partial charge in [0.05, 0.1) is 0 Å². The summed E-state index contributed by atoms with van der Waals surface area (Å²) in [5.41, 5.74) is 8.53. The third-order valence-electron chi connectivity index (χ3n) is 5.78. The van der Waals surface area contributed by atoms with Crippen LogP contribution in [-0.2, 0) is 17.9 Å². The lowest BCUT2D eigenvalue weighted by Crippen LogP contribution is -2.38. The van der Waals surface area contributed by atoms with Crippen LogP contribution >= 0.6 is 0 Å². The van der Waals surface area contributed by atoms with Crippen molar-refractivity contribution in [2.24, 2.45) is 11.1 Å². The van der Waals surface area contributed by atoms with Crippen molar-refractivity contribution >= 4 is 5.91 Å². The maximum absolute atomic E-state index is 12.5. The molecular formula is C21H35N3O. The van der Waals surface area contributed by atoms with E-state index in [1.807, 2.05) is 6.07 Å². The largest absolute Gasteiger partial charge is 0.352 e. The molecule has 1 aromatic carbocycles. The van der Waals surface area contributed by atoms with Crippen molar-refractivity contribution in [3.05, 3.63) is 35.4 Å². The van der Waals surface area contributed by atoms with Gasteiger partial charge in [-0.3, -0.25) is 9.69 Å². The number of carbonyl (C=O) groups is 1. The molecule has 0 aliphatic heterocycles. The van der Waals surface area contributed by atoms with Crippen molar-refractivity contribution in [1.29, 1.82) is 0 Å². The highest BCUT2D eigenvalue weighted by atomic mass is 16.1. The number of hydrogen-bond donors (Lipinski definition) is 2. The first kappa shape index (κ1) is 19.9. The number of amides is 1. The van der Waals surface area contributed by atoms with Crippen LogP contribution in [0.1, 0.15) is 63.5 Å². The number of nitrogens with one attached hydrogen (secondary N) is 1. The lowest BCUT2D eigenvalue weighted by atomic mass is 9.71. The predicted octanol–water partition coefficient (Wildman–Crippen LogP) is 3.44. The fraction of sp³-hybridized carbons (Fsp3) is 0.667. The lowest BCUT2D eigenvalue weighted by Gasteiger charge is -2.35. The number of carbonyl (C=O) groups excluding carboxylic acids is 1. The molecule has 1 aliphatic rings. The first-order valence-corrected chi connectivity index (χ1v) is 9.69. The molecule has 1 fully saturated rings. The molecule has 4 heteroatoms. The summed E-state index contributed by atoms with van der Waals surface area (Å²) >= 11 is 0. The normalized spacial score (nSPS) is 17.0. The summed E-state index contributed by atoms with van der Waals surface area (Å²) < 4.78 is 0. The molecule has 1 amide bonds. The summed E-state index contributed by atoms with van der Waals surface area (Å²) in [6.45, 7) is 6.51. The molecule has 0 atom stereocenters. The Bertz CT molecular complexity index is 550. The van der Waals surface area contributed by atoms with Crippen LogP contribution in [0.5, 0.6) is 0 Å². The summed E-state index contributed by atoms with van der Waals surface area (Å²) in [5, 5.41) is 3.14. The highest BCUT2D eigenvalue weighted by molar-refractivity contribution is 5.76. The molecule has 0 heterocycles. The van der Waals surface area contributed by atoms with Gasteiger partial charge in [0.25, 0.3) is 0 Å². The summed E-state index contributed by atoms with van der Waals surface area (Å²) in [4.78, 5) is 14.8. The fourth-order valence-electron chi connectivity index (χ4n) is 3.69. The highest BCUT2D eigenvalue weighted by Gasteiger charge is 2.32. The van der Waals surface area contributed by atoms with Gasteiger partial charge < -0.3 is 11.1 Å². The third kappa shape index (κ3) is 5.82. The van der Waals surface area contributed by atoms with Crippen LogP contribution in [0.3, 0.4) is 0 Å². The molecule has 25 heavy (non-hydrogen) atoms. The number of nitrogens with two attached hydrogens (primary N) is 1. The maximum atomic E-state index is 12.5. The van der Waals surface area contributed by atoms with Gasteiger partial charge in [-0.2, -0.15) is 0 Å². The van der Waals surface area contributed by atoms with Crippen LogP contribution in [-0.4, -0.2) is 30.4 Å². The first-order chi connectivity index (χ1) is 12.0. The Morgan fingerprint density at radius 1 is 1.20 bits per heavy atom. The molecule has 4 nitrogen and oxygen atoms in total. The van der Waals surface area contributed by atoms with Crippen LogP contribution in [0.2, 0.25) is 0 Å². The second kappa shape index (κ2) is 9.35. The summed E-state index contributed by atoms with van der Waals surface area (Å²) in [6.07, 6.45) is 6.43. The fourth-order valence-corrected chi connectivity index (χ4v) is 3.69. The first-order valence-electron chi connectivity index (χ1n) is 9.69. The van der Waals surface area contributed by atoms with Gasteiger partial charge in [-0.1, -0.05) is 43.5 Å². The molecule has 140 valence electrons. The smallest absolute Gasteiger partial charge is 0.220 e. The van der Waals surface area contributed by atoms with Crippen molar-refractivity contribution in [2.45, 2.75) is 71.5 Å². The standard InChI is InChI=1S/C21H35N3O/c1-17(2)24(3)15-19-10-6-5-9-18(19)14-23-20(25)13-21(16-22)11-7-4-8-12-21/h5-6,9-10,17H,4,7-8,11-16,22H2,1-3H3,(H,23,25). The molecule has 3 N–H and O–H groups in total. The van der Waals surface area contributed by atoms with E-state index in [1.54, 1.807) is 0 Å². The van der Waals surface area contributed by atoms with Gasteiger partial charge in [0.15, 0.2) is 0 Å². The van der Waals surface area contributed by atoms with Crippen LogP contribution in [0.15, 0.2) is 24.3 Å². The van der Waals surface area contributed by atoms with E-state index in [1.165, 1.54) is 30.4 Å². The minimum atomic E-state index is 0.0275. The highest BCUT2D eigenvalue weighted by Crippen LogP contribution is 2.38. The molecule has 1 saturated carbocycles. The van der Waals surface area contributed by atoms with Crippen LogP contribution in [0.25, 0.3) is 0 Å². The zero-order chi connectivity index (χ0) is 18.3. The Morgan fingerprint density at radius 2 is 1.84 bits per heavy atom. The molecule has 0 radical (unpaired) electrons. The van der Waals surface area contributed by atoms with Crippen molar-refractivity contribution in [3.63, 3.8) is 0 Å². The zero-order valence-corrected chi connectivity index (χ0v) is 16.2. The second-order valence-corrected chi connectivity index (χ2v) is 8.00. The maximum Gasteiger partial charge on any atom is 0.220 e. The van der Waals surface area contributed by atoms with Gasteiger partial charge in [0.1, 0.15) is 0 Å². The average Bonchev–Trinajstić information content (AvgIpc) is 2.61. The van der Waals surface area contributed by atoms with Gasteiger partial charge in [-0.15, -0.1) is 0 Å². The Balaban J connectivity index is 1.93. The Hall–Kier alpha value is -1.39. The summed E-state index contributed by atoms with van der Waals surface area (Å²) in [5.74, 6) is 0.138. The predicted molar refractivity (Wildman–Crippen MR) is 104 cm³/mol. The molecule has 0 unspecified atom stereocenters. The molecular weight excluding hydrogens is 310 g/mol. The van der Waals surface area contributed by atoms with Gasteiger partial charge in [0.2, 0.25) is 5.91 Å². The molecule has 2 rings (SSSR count). The topological polar surface area (TPSA) is 58.4 Å². The van der Waals surface area contributed by atoms with Gasteiger partial charge in [0, 0.05) is 25.6 Å². The van der Waals surface area contributed by atoms with Crippen molar-refractivity contribution in [3.8, 4) is 0 Å². The van der Waals surface area contributed by atoms with Crippen LogP contribution < -0.4 is 11.1 Å². The van der Waals surface area contributed by atoms with E-state index in [9.17, 15) is 4.79 Å². The van der Waals surface area contributed by atoms with Crippen LogP contribution in [0.4, 0.5) is 0 Å². The minimum absolute atomic E-state index is 0.0275. The third-order valence-corrected chi connectivity index (χ3v) is 5.78. The van der Waals surface area contributed by atoms with Crippen molar-refractivity contribution < 1.29 is 4.79 Å². The van der Waals surface area contributed by atoms with Gasteiger partial charge in [-0.25, -0.2) is 0 Å². The molecule has 1 aromatic rings. The van der Waals surface area contributed by atoms with E-state index < -0.39 is 0 Å². The van der Waals surface area contributed by atoms with E-state index in [-0.39, 0.29) is 11.3 Å². The monoisotopic (exact) mass is 345 g/mol. The Morgan fingerprint density at radius 3 is 2.44 bits per heavy atom. The zero-order valence-electron chi connectivity index (χ0n) is 16.2. The number of benzene rings is 1. The summed E-state index contributed by atoms with van der Waals surface area (Å²) in [7, 11) is 2.13. The number of nitrogens with zero attached hydrogens (tertiary/aromatic N) is 1. The lowest BCUT2D eigenvalue weighted by molar-refractivity contribution is -0.124. The summed E-state index contributed by atoms with van der Waals surface area (Å²) in [6, 6.07) is 8.88. The second-order valence-electron chi connectivity index (χ2n) is 8.00. The van der Waals surface area contributed by atoms with Crippen molar-refractivity contribution in [1.82, 2.24) is 10.2 Å². The molecule has 0 spiro atoms. The van der Waals surface area contributed by atoms with E-state index in [4.69, 9.17) is 5.73 Å². The minimum Gasteiger partial charge on any atom is -0.352 e. The Labute approximate surface area is 153 Å². The van der Waals surface area contributed by atoms with Gasteiger partial charge in [-0.05, 0) is 56.8 Å². The van der Waals surface area contributed by atoms with E-state index in [2.05, 4.69) is 49.3 Å². The SMILES string of the molecule is CC(C)N(C)Cc1ccccc1CNC(=O)CC1(CN)CCCCC1. The number of hydrogen-bond acceptors (Lipinski definition) is 3. The van der Waals surface area contributed by atoms with Crippen LogP contribution in [0, 0.1) is 5.41 Å². The van der Waals surface area contributed by atoms with Gasteiger partial charge >= 0.3 is 0 Å². The van der Waals surface area contributed by atoms with E-state index >= 15 is 0 Å². The number of rotatable bonds is 8. The molecule has 0 bridgehead atoms. The van der Waals surface area contributed by atoms with Crippen molar-refractivity contribution in [2.75, 3.05) is 13.6 Å².